The summed E-state index contributed by atoms with van der Waals surface area (Å²) >= 11 is 0. The summed E-state index contributed by atoms with van der Waals surface area (Å²) in [6.45, 7) is 3.86. The summed E-state index contributed by atoms with van der Waals surface area (Å²) in [7, 11) is 0. The molecule has 1 aliphatic heterocycles. The lowest BCUT2D eigenvalue weighted by molar-refractivity contribution is -0.137. The van der Waals surface area contributed by atoms with Crippen LogP contribution < -0.4 is 5.32 Å². The highest BCUT2D eigenvalue weighted by Crippen LogP contribution is 2.36. The Morgan fingerprint density at radius 2 is 2.14 bits per heavy atom. The van der Waals surface area contributed by atoms with Crippen LogP contribution in [-0.2, 0) is 11.6 Å². The lowest BCUT2D eigenvalue weighted by atomic mass is 9.82. The zero-order valence-electron chi connectivity index (χ0n) is 11.8. The number of alkyl halides is 3. The fourth-order valence-corrected chi connectivity index (χ4v) is 3.19. The van der Waals surface area contributed by atoms with E-state index < -0.39 is 11.7 Å². The van der Waals surface area contributed by atoms with Crippen molar-refractivity contribution in [3.8, 4) is 0 Å². The number of fused-ring (bicyclic) bond motifs is 1. The summed E-state index contributed by atoms with van der Waals surface area (Å²) < 4.78 is 38.3. The van der Waals surface area contributed by atoms with Crippen LogP contribution in [0, 0.1) is 0 Å². The molecule has 1 aromatic carbocycles. The fraction of sp³-hybridized carbons (Fsp3) is 0.533. The van der Waals surface area contributed by atoms with E-state index in [1.54, 1.807) is 0 Å². The predicted octanol–water partition coefficient (Wildman–Crippen LogP) is 3.61. The molecule has 2 heterocycles. The van der Waals surface area contributed by atoms with Gasteiger partial charge in [-0.1, -0.05) is 13.3 Å². The van der Waals surface area contributed by atoms with Gasteiger partial charge in [-0.25, -0.2) is 4.98 Å². The number of halogens is 3. The van der Waals surface area contributed by atoms with Crippen LogP contribution in [-0.4, -0.2) is 23.1 Å². The Morgan fingerprint density at radius 1 is 1.33 bits per heavy atom. The molecule has 2 N–H and O–H groups in total. The van der Waals surface area contributed by atoms with Gasteiger partial charge in [0.15, 0.2) is 0 Å². The number of rotatable bonds is 3. The second-order valence-corrected chi connectivity index (χ2v) is 5.77. The van der Waals surface area contributed by atoms with Gasteiger partial charge in [0, 0.05) is 12.0 Å². The Morgan fingerprint density at radius 3 is 2.76 bits per heavy atom. The first-order valence-corrected chi connectivity index (χ1v) is 7.23. The zero-order valence-corrected chi connectivity index (χ0v) is 11.8. The molecule has 1 aromatic heterocycles. The van der Waals surface area contributed by atoms with Gasteiger partial charge in [-0.15, -0.1) is 0 Å². The summed E-state index contributed by atoms with van der Waals surface area (Å²) in [5, 5.41) is 3.34. The van der Waals surface area contributed by atoms with Crippen molar-refractivity contribution < 1.29 is 13.2 Å². The molecule has 1 aliphatic rings. The number of hydrogen-bond donors (Lipinski definition) is 2. The van der Waals surface area contributed by atoms with Crippen molar-refractivity contribution >= 4 is 11.0 Å². The van der Waals surface area contributed by atoms with Crippen LogP contribution >= 0.6 is 0 Å². The molecule has 1 saturated heterocycles. The smallest absolute Gasteiger partial charge is 0.341 e. The lowest BCUT2D eigenvalue weighted by Gasteiger charge is -2.25. The zero-order chi connectivity index (χ0) is 15.1. The number of nitrogens with one attached hydrogen (secondary N) is 2. The number of benzene rings is 1. The van der Waals surface area contributed by atoms with Crippen LogP contribution in [0.4, 0.5) is 13.2 Å². The minimum absolute atomic E-state index is 0.0772. The molecule has 0 radical (unpaired) electrons. The molecular formula is C15H18F3N3. The number of nitrogens with zero attached hydrogens (tertiary/aromatic N) is 1. The Bertz CT molecular complexity index is 639. The molecule has 6 heteroatoms. The normalized spacial score (nSPS) is 23.0. The highest BCUT2D eigenvalue weighted by atomic mass is 19.4. The van der Waals surface area contributed by atoms with Crippen molar-refractivity contribution in [1.82, 2.24) is 15.3 Å². The Kier molecular flexibility index (Phi) is 3.43. The molecule has 0 saturated carbocycles. The van der Waals surface area contributed by atoms with E-state index in [9.17, 15) is 13.2 Å². The largest absolute Gasteiger partial charge is 0.416 e. The van der Waals surface area contributed by atoms with Crippen LogP contribution in [0.3, 0.4) is 0 Å². The monoisotopic (exact) mass is 297 g/mol. The molecule has 0 amide bonds. The molecule has 3 nitrogen and oxygen atoms in total. The molecule has 1 unspecified atom stereocenters. The van der Waals surface area contributed by atoms with Crippen molar-refractivity contribution in [2.24, 2.45) is 0 Å². The quantitative estimate of drug-likeness (QED) is 0.908. The maximum absolute atomic E-state index is 12.8. The molecule has 1 atom stereocenters. The van der Waals surface area contributed by atoms with Crippen LogP contribution in [0.2, 0.25) is 0 Å². The van der Waals surface area contributed by atoms with Gasteiger partial charge in [-0.05, 0) is 37.6 Å². The third-order valence-corrected chi connectivity index (χ3v) is 4.28. The number of aromatic amines is 1. The predicted molar refractivity (Wildman–Crippen MR) is 75.2 cm³/mol. The van der Waals surface area contributed by atoms with Gasteiger partial charge in [0.25, 0.3) is 0 Å². The van der Waals surface area contributed by atoms with Crippen LogP contribution in [0.1, 0.15) is 37.6 Å². The van der Waals surface area contributed by atoms with Crippen LogP contribution in [0.5, 0.6) is 0 Å². The summed E-state index contributed by atoms with van der Waals surface area (Å²) in [5.41, 5.74) is 0.341. The fourth-order valence-electron chi connectivity index (χ4n) is 3.19. The number of imidazole rings is 1. The van der Waals surface area contributed by atoms with Gasteiger partial charge in [-0.3, -0.25) is 0 Å². The van der Waals surface area contributed by atoms with Gasteiger partial charge < -0.3 is 10.3 Å². The Balaban J connectivity index is 2.04. The lowest BCUT2D eigenvalue weighted by Crippen LogP contribution is -2.30. The van der Waals surface area contributed by atoms with E-state index in [4.69, 9.17) is 0 Å². The minimum Gasteiger partial charge on any atom is -0.341 e. The second kappa shape index (κ2) is 5.02. The third-order valence-electron chi connectivity index (χ3n) is 4.28. The average Bonchev–Trinajstić information content (AvgIpc) is 3.03. The topological polar surface area (TPSA) is 40.7 Å². The van der Waals surface area contributed by atoms with Crippen molar-refractivity contribution in [3.63, 3.8) is 0 Å². The first-order valence-electron chi connectivity index (χ1n) is 7.23. The van der Waals surface area contributed by atoms with E-state index >= 15 is 0 Å². The summed E-state index contributed by atoms with van der Waals surface area (Å²) in [5.74, 6) is 0.809. The van der Waals surface area contributed by atoms with E-state index in [1.807, 2.05) is 0 Å². The highest BCUT2D eigenvalue weighted by molar-refractivity contribution is 5.76. The van der Waals surface area contributed by atoms with Gasteiger partial charge in [0.05, 0.1) is 16.6 Å². The highest BCUT2D eigenvalue weighted by Gasteiger charge is 2.38. The van der Waals surface area contributed by atoms with Crippen molar-refractivity contribution in [2.75, 3.05) is 13.1 Å². The summed E-state index contributed by atoms with van der Waals surface area (Å²) in [6.07, 6.45) is -1.36. The molecule has 1 fully saturated rings. The minimum atomic E-state index is -4.32. The van der Waals surface area contributed by atoms with Gasteiger partial charge in [0.2, 0.25) is 0 Å². The van der Waals surface area contributed by atoms with Gasteiger partial charge in [-0.2, -0.15) is 13.2 Å². The summed E-state index contributed by atoms with van der Waals surface area (Å²) in [6, 6.07) is 3.68. The Hall–Kier alpha value is -1.56. The SMILES string of the molecule is CCCC1(c2nc3ccc(C(F)(F)F)cc3[nH]2)CCNC1. The molecule has 2 aromatic rings. The van der Waals surface area contributed by atoms with Crippen molar-refractivity contribution in [3.05, 3.63) is 29.6 Å². The van der Waals surface area contributed by atoms with E-state index in [-0.39, 0.29) is 5.41 Å². The third kappa shape index (κ3) is 2.52. The standard InChI is InChI=1S/C15H18F3N3/c1-2-5-14(6-7-19-9-14)13-20-11-4-3-10(15(16,17)18)8-12(11)21-13/h3-4,8,19H,2,5-7,9H2,1H3,(H,20,21). The first kappa shape index (κ1) is 14.4. The number of H-pyrrole nitrogens is 1. The number of hydrogen-bond acceptors (Lipinski definition) is 2. The summed E-state index contributed by atoms with van der Waals surface area (Å²) in [4.78, 5) is 7.67. The van der Waals surface area contributed by atoms with Crippen LogP contribution in [0.25, 0.3) is 11.0 Å². The molecule has 21 heavy (non-hydrogen) atoms. The molecule has 3 rings (SSSR count). The molecule has 0 bridgehead atoms. The van der Waals surface area contributed by atoms with Crippen molar-refractivity contribution in [2.45, 2.75) is 37.8 Å². The van der Waals surface area contributed by atoms with E-state index in [2.05, 4.69) is 22.2 Å². The van der Waals surface area contributed by atoms with E-state index in [0.717, 1.165) is 50.3 Å². The van der Waals surface area contributed by atoms with Crippen LogP contribution in [0.15, 0.2) is 18.2 Å². The Labute approximate surface area is 121 Å². The van der Waals surface area contributed by atoms with E-state index in [1.165, 1.54) is 6.07 Å². The molecule has 0 spiro atoms. The van der Waals surface area contributed by atoms with E-state index in [0.29, 0.717) is 11.0 Å². The van der Waals surface area contributed by atoms with Gasteiger partial charge >= 0.3 is 6.18 Å². The maximum atomic E-state index is 12.8. The average molecular weight is 297 g/mol. The number of aromatic nitrogens is 2. The molecular weight excluding hydrogens is 279 g/mol. The maximum Gasteiger partial charge on any atom is 0.416 e. The second-order valence-electron chi connectivity index (χ2n) is 5.77. The molecule has 114 valence electrons. The first-order chi connectivity index (χ1) is 9.94. The molecule has 0 aliphatic carbocycles. The van der Waals surface area contributed by atoms with Gasteiger partial charge in [0.1, 0.15) is 5.82 Å². The van der Waals surface area contributed by atoms with Crippen molar-refractivity contribution in [1.29, 1.82) is 0 Å².